The van der Waals surface area contributed by atoms with Gasteiger partial charge in [-0.15, -0.1) is 0 Å². The summed E-state index contributed by atoms with van der Waals surface area (Å²) < 4.78 is 71.7. The van der Waals surface area contributed by atoms with Gasteiger partial charge in [0.05, 0.1) is 28.8 Å². The Labute approximate surface area is 187 Å². The number of sulfonamides is 1. The molecule has 0 bridgehead atoms. The SMILES string of the molecule is COc1ccc(NS(=O)(=O)c2cccc(C(F)(F)F)c2)c(C(=O)Nc2ccc(Cl)cc2)c1. The molecule has 0 spiro atoms. The van der Waals surface area contributed by atoms with Crippen LogP contribution in [0.3, 0.4) is 0 Å². The zero-order valence-electron chi connectivity index (χ0n) is 16.4. The van der Waals surface area contributed by atoms with Gasteiger partial charge < -0.3 is 10.1 Å². The first-order chi connectivity index (χ1) is 15.0. The second-order valence-electron chi connectivity index (χ2n) is 6.50. The van der Waals surface area contributed by atoms with Gasteiger partial charge in [-0.25, -0.2) is 8.42 Å². The minimum absolute atomic E-state index is 0.102. The third-order valence-electron chi connectivity index (χ3n) is 4.29. The number of amides is 1. The number of methoxy groups -OCH3 is 1. The summed E-state index contributed by atoms with van der Waals surface area (Å²) in [5.74, 6) is -0.402. The van der Waals surface area contributed by atoms with Gasteiger partial charge in [0.15, 0.2) is 0 Å². The first kappa shape index (κ1) is 23.4. The van der Waals surface area contributed by atoms with Crippen molar-refractivity contribution in [1.82, 2.24) is 0 Å². The Morgan fingerprint density at radius 2 is 1.69 bits per heavy atom. The summed E-state index contributed by atoms with van der Waals surface area (Å²) >= 11 is 5.82. The summed E-state index contributed by atoms with van der Waals surface area (Å²) in [7, 11) is -3.07. The summed E-state index contributed by atoms with van der Waals surface area (Å²) in [6, 6.07) is 13.5. The molecule has 0 saturated heterocycles. The van der Waals surface area contributed by atoms with E-state index >= 15 is 0 Å². The van der Waals surface area contributed by atoms with E-state index in [4.69, 9.17) is 16.3 Å². The van der Waals surface area contributed by atoms with E-state index in [-0.39, 0.29) is 17.0 Å². The Kier molecular flexibility index (Phi) is 6.65. The number of anilines is 2. The number of hydrogen-bond acceptors (Lipinski definition) is 4. The fourth-order valence-corrected chi connectivity index (χ4v) is 3.95. The molecule has 1 amide bonds. The van der Waals surface area contributed by atoms with Gasteiger partial charge in [-0.3, -0.25) is 9.52 Å². The number of nitrogens with one attached hydrogen (secondary N) is 2. The van der Waals surface area contributed by atoms with E-state index in [0.29, 0.717) is 16.8 Å². The van der Waals surface area contributed by atoms with Crippen LogP contribution in [0.15, 0.2) is 71.6 Å². The third-order valence-corrected chi connectivity index (χ3v) is 5.90. The van der Waals surface area contributed by atoms with Gasteiger partial charge in [-0.05, 0) is 60.7 Å². The van der Waals surface area contributed by atoms with Crippen molar-refractivity contribution < 1.29 is 31.1 Å². The van der Waals surface area contributed by atoms with Gasteiger partial charge in [0.1, 0.15) is 5.75 Å². The largest absolute Gasteiger partial charge is 0.497 e. The average molecular weight is 485 g/mol. The van der Waals surface area contributed by atoms with Crippen molar-refractivity contribution in [3.8, 4) is 5.75 Å². The average Bonchev–Trinajstić information content (AvgIpc) is 2.75. The summed E-state index contributed by atoms with van der Waals surface area (Å²) in [5, 5.41) is 3.05. The normalized spacial score (nSPS) is 11.7. The van der Waals surface area contributed by atoms with Crippen LogP contribution in [0.4, 0.5) is 24.5 Å². The standard InChI is InChI=1S/C21H16ClF3N2O4S/c1-31-16-9-10-19(18(12-16)20(28)26-15-7-5-14(22)6-8-15)27-32(29,30)17-4-2-3-13(11-17)21(23,24)25/h2-12,27H,1H3,(H,26,28). The monoisotopic (exact) mass is 484 g/mol. The first-order valence-electron chi connectivity index (χ1n) is 8.94. The van der Waals surface area contributed by atoms with Gasteiger partial charge >= 0.3 is 6.18 Å². The number of carbonyl (C=O) groups is 1. The second kappa shape index (κ2) is 9.09. The number of hydrogen-bond donors (Lipinski definition) is 2. The molecule has 0 aliphatic carbocycles. The summed E-state index contributed by atoms with van der Waals surface area (Å²) in [5.41, 5.74) is -0.964. The van der Waals surface area contributed by atoms with Crippen molar-refractivity contribution in [1.29, 1.82) is 0 Å². The van der Waals surface area contributed by atoms with E-state index in [0.717, 1.165) is 18.2 Å². The molecular weight excluding hydrogens is 469 g/mol. The molecule has 168 valence electrons. The molecule has 0 saturated carbocycles. The minimum atomic E-state index is -4.71. The highest BCUT2D eigenvalue weighted by atomic mass is 35.5. The quantitative estimate of drug-likeness (QED) is 0.489. The maximum absolute atomic E-state index is 13.0. The van der Waals surface area contributed by atoms with Crippen LogP contribution >= 0.6 is 11.6 Å². The zero-order chi connectivity index (χ0) is 23.5. The van der Waals surface area contributed by atoms with E-state index in [1.165, 1.54) is 25.3 Å². The van der Waals surface area contributed by atoms with E-state index in [9.17, 15) is 26.4 Å². The molecule has 32 heavy (non-hydrogen) atoms. The van der Waals surface area contributed by atoms with E-state index in [1.807, 2.05) is 0 Å². The van der Waals surface area contributed by atoms with Crippen molar-refractivity contribution in [2.75, 3.05) is 17.1 Å². The van der Waals surface area contributed by atoms with Crippen LogP contribution in [0.25, 0.3) is 0 Å². The fraction of sp³-hybridized carbons (Fsp3) is 0.0952. The van der Waals surface area contributed by atoms with Crippen molar-refractivity contribution in [2.45, 2.75) is 11.1 Å². The third kappa shape index (κ3) is 5.51. The zero-order valence-corrected chi connectivity index (χ0v) is 18.0. The smallest absolute Gasteiger partial charge is 0.416 e. The highest BCUT2D eigenvalue weighted by Gasteiger charge is 2.32. The molecule has 3 aromatic rings. The molecule has 0 aromatic heterocycles. The highest BCUT2D eigenvalue weighted by Crippen LogP contribution is 2.31. The van der Waals surface area contributed by atoms with Crippen molar-refractivity contribution in [2.24, 2.45) is 0 Å². The molecule has 0 unspecified atom stereocenters. The molecule has 0 fully saturated rings. The molecule has 0 aliphatic heterocycles. The number of halogens is 4. The number of ether oxygens (including phenoxy) is 1. The molecule has 0 heterocycles. The number of carbonyl (C=O) groups excluding carboxylic acids is 1. The number of alkyl halides is 3. The Balaban J connectivity index is 1.95. The van der Waals surface area contributed by atoms with Gasteiger partial charge in [0.25, 0.3) is 15.9 Å². The Morgan fingerprint density at radius 3 is 2.31 bits per heavy atom. The molecular formula is C21H16ClF3N2O4S. The summed E-state index contributed by atoms with van der Waals surface area (Å²) in [4.78, 5) is 12.2. The second-order valence-corrected chi connectivity index (χ2v) is 8.62. The van der Waals surface area contributed by atoms with Gasteiger partial charge in [-0.2, -0.15) is 13.2 Å². The number of benzene rings is 3. The maximum Gasteiger partial charge on any atom is 0.416 e. The van der Waals surface area contributed by atoms with Crippen molar-refractivity contribution >= 4 is 38.9 Å². The van der Waals surface area contributed by atoms with Crippen LogP contribution in [0.2, 0.25) is 5.02 Å². The van der Waals surface area contributed by atoms with Crippen LogP contribution in [-0.4, -0.2) is 21.4 Å². The molecule has 6 nitrogen and oxygen atoms in total. The molecule has 3 rings (SSSR count). The first-order valence-corrected chi connectivity index (χ1v) is 10.8. The lowest BCUT2D eigenvalue weighted by Crippen LogP contribution is -2.19. The topological polar surface area (TPSA) is 84.5 Å². The molecule has 0 radical (unpaired) electrons. The maximum atomic E-state index is 13.0. The van der Waals surface area contributed by atoms with Gasteiger partial charge in [0, 0.05) is 10.7 Å². The predicted octanol–water partition coefficient (Wildman–Crippen LogP) is 5.42. The highest BCUT2D eigenvalue weighted by molar-refractivity contribution is 7.92. The minimum Gasteiger partial charge on any atom is -0.497 e. The van der Waals surface area contributed by atoms with Crippen molar-refractivity contribution in [3.63, 3.8) is 0 Å². The Morgan fingerprint density at radius 1 is 1.00 bits per heavy atom. The van der Waals surface area contributed by atoms with Crippen LogP contribution in [0, 0.1) is 0 Å². The van der Waals surface area contributed by atoms with Crippen LogP contribution in [0.1, 0.15) is 15.9 Å². The summed E-state index contributed by atoms with van der Waals surface area (Å²) in [6.45, 7) is 0. The molecule has 3 aromatic carbocycles. The Hall–Kier alpha value is -3.24. The lowest BCUT2D eigenvalue weighted by Gasteiger charge is -2.15. The van der Waals surface area contributed by atoms with Crippen LogP contribution in [-0.2, 0) is 16.2 Å². The van der Waals surface area contributed by atoms with Gasteiger partial charge in [-0.1, -0.05) is 17.7 Å². The fourth-order valence-electron chi connectivity index (χ4n) is 2.70. The van der Waals surface area contributed by atoms with E-state index in [1.54, 1.807) is 24.3 Å². The molecule has 0 atom stereocenters. The lowest BCUT2D eigenvalue weighted by molar-refractivity contribution is -0.137. The predicted molar refractivity (Wildman–Crippen MR) is 115 cm³/mol. The lowest BCUT2D eigenvalue weighted by atomic mass is 10.1. The van der Waals surface area contributed by atoms with Crippen LogP contribution < -0.4 is 14.8 Å². The van der Waals surface area contributed by atoms with Crippen LogP contribution in [0.5, 0.6) is 5.75 Å². The molecule has 11 heteroatoms. The van der Waals surface area contributed by atoms with Gasteiger partial charge in [0.2, 0.25) is 0 Å². The van der Waals surface area contributed by atoms with Crippen molar-refractivity contribution in [3.05, 3.63) is 82.9 Å². The summed E-state index contributed by atoms with van der Waals surface area (Å²) in [6.07, 6.45) is -4.71. The van der Waals surface area contributed by atoms with E-state index in [2.05, 4.69) is 10.0 Å². The number of rotatable bonds is 6. The van der Waals surface area contributed by atoms with E-state index < -0.39 is 32.6 Å². The molecule has 0 aliphatic rings. The molecule has 2 N–H and O–H groups in total. The Bertz CT molecular complexity index is 1250.